The summed E-state index contributed by atoms with van der Waals surface area (Å²) in [5.41, 5.74) is 0.867. The monoisotopic (exact) mass is 418 g/mol. The van der Waals surface area contributed by atoms with Gasteiger partial charge in [-0.25, -0.2) is 17.2 Å². The van der Waals surface area contributed by atoms with E-state index >= 15 is 0 Å². The fourth-order valence-electron chi connectivity index (χ4n) is 2.54. The molecule has 0 radical (unpaired) electrons. The van der Waals surface area contributed by atoms with Gasteiger partial charge in [0.15, 0.2) is 0 Å². The highest BCUT2D eigenvalue weighted by Gasteiger charge is 2.20. The van der Waals surface area contributed by atoms with Crippen molar-refractivity contribution in [3.8, 4) is 5.75 Å². The van der Waals surface area contributed by atoms with Gasteiger partial charge in [0.25, 0.3) is 15.9 Å². The van der Waals surface area contributed by atoms with E-state index in [1.54, 1.807) is 24.3 Å². The average Bonchev–Trinajstić information content (AvgIpc) is 2.68. The molecule has 29 heavy (non-hydrogen) atoms. The maximum absolute atomic E-state index is 13.8. The molecule has 3 aromatic carbocycles. The highest BCUT2D eigenvalue weighted by molar-refractivity contribution is 7.92. The number of amides is 1. The summed E-state index contributed by atoms with van der Waals surface area (Å²) in [5, 5.41) is 2.70. The zero-order chi connectivity index (χ0) is 21.0. The summed E-state index contributed by atoms with van der Waals surface area (Å²) in [7, 11) is -2.78. The van der Waals surface area contributed by atoms with Crippen LogP contribution in [0.3, 0.4) is 0 Å². The van der Waals surface area contributed by atoms with Crippen molar-refractivity contribution in [2.24, 2.45) is 0 Å². The minimum Gasteiger partial charge on any atom is -0.495 e. The summed E-state index contributed by atoms with van der Waals surface area (Å²) in [5.74, 6) is -2.02. The van der Waals surface area contributed by atoms with Crippen LogP contribution in [-0.2, 0) is 10.0 Å². The Hall–Kier alpha value is -3.46. The maximum atomic E-state index is 13.8. The number of benzene rings is 3. The summed E-state index contributed by atoms with van der Waals surface area (Å²) in [6, 6.07) is 14.6. The first kappa shape index (κ1) is 20.3. The molecule has 0 aliphatic heterocycles. The van der Waals surface area contributed by atoms with Crippen molar-refractivity contribution >= 4 is 27.3 Å². The van der Waals surface area contributed by atoms with Gasteiger partial charge in [0.1, 0.15) is 22.3 Å². The Morgan fingerprint density at radius 1 is 0.966 bits per heavy atom. The molecule has 0 heterocycles. The molecule has 1 amide bonds. The van der Waals surface area contributed by atoms with Gasteiger partial charge in [-0.05, 0) is 48.5 Å². The van der Waals surface area contributed by atoms with Crippen LogP contribution in [0.1, 0.15) is 10.4 Å². The zero-order valence-electron chi connectivity index (χ0n) is 15.1. The van der Waals surface area contributed by atoms with Gasteiger partial charge < -0.3 is 10.1 Å². The van der Waals surface area contributed by atoms with Crippen molar-refractivity contribution in [1.29, 1.82) is 0 Å². The van der Waals surface area contributed by atoms with E-state index in [1.165, 1.54) is 31.4 Å². The van der Waals surface area contributed by atoms with Gasteiger partial charge in [-0.2, -0.15) is 0 Å². The number of rotatable bonds is 6. The largest absolute Gasteiger partial charge is 0.495 e. The lowest BCUT2D eigenvalue weighted by atomic mass is 10.2. The summed E-state index contributed by atoms with van der Waals surface area (Å²) >= 11 is 0. The smallest absolute Gasteiger partial charge is 0.264 e. The number of sulfonamides is 1. The minimum absolute atomic E-state index is 0.113. The molecule has 0 fully saturated rings. The molecule has 0 saturated heterocycles. The van der Waals surface area contributed by atoms with E-state index in [0.717, 1.165) is 12.1 Å². The van der Waals surface area contributed by atoms with Gasteiger partial charge in [0.2, 0.25) is 0 Å². The van der Waals surface area contributed by atoms with Crippen molar-refractivity contribution in [2.45, 2.75) is 4.90 Å². The van der Waals surface area contributed by atoms with Crippen LogP contribution in [0.25, 0.3) is 0 Å². The summed E-state index contributed by atoms with van der Waals surface area (Å²) in [6.45, 7) is 0. The Labute approximate surface area is 166 Å². The van der Waals surface area contributed by atoms with Crippen molar-refractivity contribution in [3.05, 3.63) is 83.9 Å². The molecule has 0 spiro atoms. The second-order valence-corrected chi connectivity index (χ2v) is 7.56. The molecule has 150 valence electrons. The summed E-state index contributed by atoms with van der Waals surface area (Å²) in [4.78, 5) is 11.7. The number of carbonyl (C=O) groups is 1. The third kappa shape index (κ3) is 4.69. The molecule has 0 saturated carbocycles. The molecule has 6 nitrogen and oxygen atoms in total. The molecule has 3 aromatic rings. The van der Waals surface area contributed by atoms with Crippen LogP contribution in [0.5, 0.6) is 5.75 Å². The minimum atomic E-state index is -4.26. The number of carbonyl (C=O) groups excluding carboxylic acids is 1. The molecule has 0 aliphatic carbocycles. The normalized spacial score (nSPS) is 11.0. The number of methoxy groups -OCH3 is 1. The molecular formula is C20H16F2N2O4S. The lowest BCUT2D eigenvalue weighted by Gasteiger charge is -2.11. The Morgan fingerprint density at radius 3 is 2.31 bits per heavy atom. The molecule has 0 aromatic heterocycles. The number of anilines is 2. The number of para-hydroxylation sites is 2. The third-order valence-corrected chi connectivity index (χ3v) is 5.35. The van der Waals surface area contributed by atoms with E-state index in [4.69, 9.17) is 4.74 Å². The third-order valence-electron chi connectivity index (χ3n) is 3.94. The molecule has 0 aliphatic rings. The quantitative estimate of drug-likeness (QED) is 0.633. The van der Waals surface area contributed by atoms with Gasteiger partial charge in [-0.3, -0.25) is 9.52 Å². The maximum Gasteiger partial charge on any atom is 0.264 e. The van der Waals surface area contributed by atoms with Crippen LogP contribution >= 0.6 is 0 Å². The van der Waals surface area contributed by atoms with E-state index in [2.05, 4.69) is 10.0 Å². The lowest BCUT2D eigenvalue weighted by molar-refractivity contribution is 0.102. The fourth-order valence-corrected chi connectivity index (χ4v) is 3.65. The van der Waals surface area contributed by atoms with Crippen molar-refractivity contribution in [3.63, 3.8) is 0 Å². The van der Waals surface area contributed by atoms with Crippen LogP contribution in [0.2, 0.25) is 0 Å². The second kappa shape index (κ2) is 8.27. The van der Waals surface area contributed by atoms with E-state index in [-0.39, 0.29) is 11.3 Å². The zero-order valence-corrected chi connectivity index (χ0v) is 16.0. The van der Waals surface area contributed by atoms with Crippen LogP contribution < -0.4 is 14.8 Å². The summed E-state index contributed by atoms with van der Waals surface area (Å²) < 4.78 is 58.7. The van der Waals surface area contributed by atoms with Crippen molar-refractivity contribution in [2.75, 3.05) is 17.1 Å². The van der Waals surface area contributed by atoms with Gasteiger partial charge in [-0.1, -0.05) is 12.1 Å². The first-order valence-electron chi connectivity index (χ1n) is 8.32. The van der Waals surface area contributed by atoms with Crippen molar-refractivity contribution in [1.82, 2.24) is 0 Å². The number of ether oxygens (including phenoxy) is 1. The molecular weight excluding hydrogens is 402 g/mol. The SMILES string of the molecule is COc1ccccc1NC(=O)c1ccc(NS(=O)(=O)c2ccc(F)cc2F)cc1. The predicted molar refractivity (Wildman–Crippen MR) is 105 cm³/mol. The topological polar surface area (TPSA) is 84.5 Å². The molecule has 0 unspecified atom stereocenters. The molecule has 9 heteroatoms. The standard InChI is InChI=1S/C20H16F2N2O4S/c1-28-18-5-3-2-4-17(18)23-20(25)13-6-9-15(10-7-13)24-29(26,27)19-11-8-14(21)12-16(19)22/h2-12,24H,1H3,(H,23,25). The van der Waals surface area contributed by atoms with Gasteiger partial charge in [0, 0.05) is 17.3 Å². The van der Waals surface area contributed by atoms with Gasteiger partial charge in [0.05, 0.1) is 12.8 Å². The van der Waals surface area contributed by atoms with E-state index in [1.807, 2.05) is 0 Å². The van der Waals surface area contributed by atoms with Gasteiger partial charge in [-0.15, -0.1) is 0 Å². The van der Waals surface area contributed by atoms with Crippen molar-refractivity contribution < 1.29 is 26.7 Å². The van der Waals surface area contributed by atoms with Crippen LogP contribution in [-0.4, -0.2) is 21.4 Å². The van der Waals surface area contributed by atoms with E-state index < -0.39 is 32.5 Å². The van der Waals surface area contributed by atoms with E-state index in [0.29, 0.717) is 17.5 Å². The van der Waals surface area contributed by atoms with E-state index in [9.17, 15) is 22.0 Å². The highest BCUT2D eigenvalue weighted by Crippen LogP contribution is 2.24. The van der Waals surface area contributed by atoms with Crippen LogP contribution in [0, 0.1) is 11.6 Å². The molecule has 3 rings (SSSR count). The first-order valence-corrected chi connectivity index (χ1v) is 9.81. The van der Waals surface area contributed by atoms with Crippen LogP contribution in [0.15, 0.2) is 71.6 Å². The Bertz CT molecular complexity index is 1150. The molecule has 0 atom stereocenters. The second-order valence-electron chi connectivity index (χ2n) is 5.91. The summed E-state index contributed by atoms with van der Waals surface area (Å²) in [6.07, 6.45) is 0. The van der Waals surface area contributed by atoms with Gasteiger partial charge >= 0.3 is 0 Å². The number of nitrogens with one attached hydrogen (secondary N) is 2. The number of hydrogen-bond acceptors (Lipinski definition) is 4. The molecule has 2 N–H and O–H groups in total. The lowest BCUT2D eigenvalue weighted by Crippen LogP contribution is -2.15. The predicted octanol–water partition coefficient (Wildman–Crippen LogP) is 4.03. The Morgan fingerprint density at radius 2 is 1.66 bits per heavy atom. The molecule has 0 bridgehead atoms. The first-order chi connectivity index (χ1) is 13.8. The highest BCUT2D eigenvalue weighted by atomic mass is 32.2. The van der Waals surface area contributed by atoms with Crippen LogP contribution in [0.4, 0.5) is 20.2 Å². The average molecular weight is 418 g/mol. The fraction of sp³-hybridized carbons (Fsp3) is 0.0500. The number of hydrogen-bond donors (Lipinski definition) is 2. The number of halogens is 2. The Balaban J connectivity index is 1.75. The Kier molecular flexibility index (Phi) is 5.79.